The first kappa shape index (κ1) is 12.3. The normalized spacial score (nSPS) is 20.1. The van der Waals surface area contributed by atoms with Crippen LogP contribution in [0, 0.1) is 0 Å². The Morgan fingerprint density at radius 3 is 3.11 bits per heavy atom. The molecule has 2 heterocycles. The number of para-hydroxylation sites is 1. The molecule has 1 fully saturated rings. The molecule has 0 spiro atoms. The van der Waals surface area contributed by atoms with Gasteiger partial charge in [0.25, 0.3) is 6.01 Å². The van der Waals surface area contributed by atoms with Crippen molar-refractivity contribution in [1.82, 2.24) is 4.98 Å². The summed E-state index contributed by atoms with van der Waals surface area (Å²) in [4.78, 5) is 6.93. The van der Waals surface area contributed by atoms with Crippen molar-refractivity contribution >= 4 is 22.8 Å². The zero-order valence-electron chi connectivity index (χ0n) is 11.4. The van der Waals surface area contributed by atoms with Gasteiger partial charge in [-0.05, 0) is 37.8 Å². The standard InChI is InChI=1S/C15H21N3O/c1-2-6-11-7-3-4-10-18(11)15-17-14-12(16)8-5-9-13(14)19-15/h5,8-9,11H,2-4,6-7,10,16H2,1H3. The van der Waals surface area contributed by atoms with Crippen molar-refractivity contribution < 1.29 is 4.42 Å². The van der Waals surface area contributed by atoms with Crippen molar-refractivity contribution in [2.45, 2.75) is 45.1 Å². The van der Waals surface area contributed by atoms with Gasteiger partial charge in [0, 0.05) is 12.6 Å². The van der Waals surface area contributed by atoms with Crippen LogP contribution >= 0.6 is 0 Å². The molecule has 0 radical (unpaired) electrons. The van der Waals surface area contributed by atoms with E-state index in [0.29, 0.717) is 11.7 Å². The van der Waals surface area contributed by atoms with Crippen LogP contribution in [0.5, 0.6) is 0 Å². The van der Waals surface area contributed by atoms with Crippen LogP contribution in [0.25, 0.3) is 11.1 Å². The van der Waals surface area contributed by atoms with E-state index in [9.17, 15) is 0 Å². The highest BCUT2D eigenvalue weighted by Crippen LogP contribution is 2.31. The number of aromatic nitrogens is 1. The van der Waals surface area contributed by atoms with Crippen molar-refractivity contribution in [3.05, 3.63) is 18.2 Å². The van der Waals surface area contributed by atoms with Crippen molar-refractivity contribution in [3.63, 3.8) is 0 Å². The summed E-state index contributed by atoms with van der Waals surface area (Å²) < 4.78 is 5.90. The van der Waals surface area contributed by atoms with Gasteiger partial charge >= 0.3 is 0 Å². The molecular weight excluding hydrogens is 238 g/mol. The van der Waals surface area contributed by atoms with Crippen LogP contribution in [0.3, 0.4) is 0 Å². The molecule has 0 saturated carbocycles. The van der Waals surface area contributed by atoms with E-state index in [1.54, 1.807) is 0 Å². The molecule has 1 atom stereocenters. The molecule has 0 bridgehead atoms. The zero-order chi connectivity index (χ0) is 13.2. The summed E-state index contributed by atoms with van der Waals surface area (Å²) in [5.41, 5.74) is 8.22. The number of anilines is 2. The lowest BCUT2D eigenvalue weighted by Crippen LogP contribution is -2.39. The van der Waals surface area contributed by atoms with Gasteiger partial charge in [-0.3, -0.25) is 0 Å². The highest BCUT2D eigenvalue weighted by molar-refractivity contribution is 5.86. The van der Waals surface area contributed by atoms with Gasteiger partial charge in [0.1, 0.15) is 5.52 Å². The van der Waals surface area contributed by atoms with E-state index in [2.05, 4.69) is 16.8 Å². The van der Waals surface area contributed by atoms with Crippen LogP contribution in [-0.4, -0.2) is 17.6 Å². The second-order valence-corrected chi connectivity index (χ2v) is 5.32. The van der Waals surface area contributed by atoms with E-state index in [0.717, 1.165) is 23.7 Å². The second-order valence-electron chi connectivity index (χ2n) is 5.32. The molecule has 4 nitrogen and oxygen atoms in total. The van der Waals surface area contributed by atoms with E-state index in [1.807, 2.05) is 18.2 Å². The summed E-state index contributed by atoms with van der Waals surface area (Å²) in [6, 6.07) is 7.01. The number of benzene rings is 1. The number of hydrogen-bond acceptors (Lipinski definition) is 4. The van der Waals surface area contributed by atoms with Crippen molar-refractivity contribution in [2.75, 3.05) is 17.2 Å². The number of piperidine rings is 1. The van der Waals surface area contributed by atoms with Gasteiger partial charge in [0.2, 0.25) is 0 Å². The van der Waals surface area contributed by atoms with Gasteiger partial charge in [-0.15, -0.1) is 0 Å². The fourth-order valence-electron chi connectivity index (χ4n) is 2.97. The maximum absolute atomic E-state index is 5.95. The molecule has 0 amide bonds. The Morgan fingerprint density at radius 1 is 1.42 bits per heavy atom. The minimum absolute atomic E-state index is 0.563. The van der Waals surface area contributed by atoms with Gasteiger partial charge in [-0.1, -0.05) is 19.4 Å². The fraction of sp³-hybridized carbons (Fsp3) is 0.533. The summed E-state index contributed by atoms with van der Waals surface area (Å²) in [7, 11) is 0. The highest BCUT2D eigenvalue weighted by atomic mass is 16.4. The molecule has 1 aromatic heterocycles. The third-order valence-corrected chi connectivity index (χ3v) is 3.93. The predicted octanol–water partition coefficient (Wildman–Crippen LogP) is 3.57. The van der Waals surface area contributed by atoms with E-state index in [1.165, 1.54) is 32.1 Å². The first-order valence-corrected chi connectivity index (χ1v) is 7.21. The Morgan fingerprint density at radius 2 is 2.32 bits per heavy atom. The molecule has 1 aliphatic rings. The number of oxazole rings is 1. The molecule has 19 heavy (non-hydrogen) atoms. The molecule has 102 valence electrons. The Labute approximate surface area is 113 Å². The molecule has 1 aliphatic heterocycles. The molecule has 4 heteroatoms. The minimum Gasteiger partial charge on any atom is -0.423 e. The third-order valence-electron chi connectivity index (χ3n) is 3.93. The van der Waals surface area contributed by atoms with E-state index in [4.69, 9.17) is 10.2 Å². The van der Waals surface area contributed by atoms with Crippen molar-refractivity contribution in [3.8, 4) is 0 Å². The summed E-state index contributed by atoms with van der Waals surface area (Å²) in [5, 5.41) is 0. The van der Waals surface area contributed by atoms with Crippen LogP contribution in [0.15, 0.2) is 22.6 Å². The number of nitrogens with zero attached hydrogens (tertiary/aromatic N) is 2. The Bertz CT molecular complexity index is 562. The van der Waals surface area contributed by atoms with Crippen molar-refractivity contribution in [2.24, 2.45) is 0 Å². The molecule has 1 saturated heterocycles. The number of nitrogen functional groups attached to an aromatic ring is 1. The number of fused-ring (bicyclic) bond motifs is 1. The number of nitrogens with two attached hydrogens (primary N) is 1. The van der Waals surface area contributed by atoms with Gasteiger partial charge in [0.05, 0.1) is 5.69 Å². The lowest BCUT2D eigenvalue weighted by atomic mass is 9.99. The second kappa shape index (κ2) is 5.11. The smallest absolute Gasteiger partial charge is 0.298 e. The average molecular weight is 259 g/mol. The first-order valence-electron chi connectivity index (χ1n) is 7.21. The quantitative estimate of drug-likeness (QED) is 0.856. The molecule has 2 aromatic rings. The maximum atomic E-state index is 5.95. The van der Waals surface area contributed by atoms with Crippen LogP contribution in [-0.2, 0) is 0 Å². The van der Waals surface area contributed by atoms with E-state index < -0.39 is 0 Å². The zero-order valence-corrected chi connectivity index (χ0v) is 11.4. The first-order chi connectivity index (χ1) is 9.29. The highest BCUT2D eigenvalue weighted by Gasteiger charge is 2.25. The number of hydrogen-bond donors (Lipinski definition) is 1. The van der Waals surface area contributed by atoms with Crippen LogP contribution in [0.4, 0.5) is 11.7 Å². The molecule has 3 rings (SSSR count). The van der Waals surface area contributed by atoms with E-state index in [-0.39, 0.29) is 0 Å². The fourth-order valence-corrected chi connectivity index (χ4v) is 2.97. The van der Waals surface area contributed by atoms with Gasteiger partial charge in [-0.25, -0.2) is 0 Å². The third kappa shape index (κ3) is 2.27. The summed E-state index contributed by atoms with van der Waals surface area (Å²) in [6.07, 6.45) is 6.16. The molecule has 1 aromatic carbocycles. The molecule has 2 N–H and O–H groups in total. The monoisotopic (exact) mass is 259 g/mol. The Kier molecular flexibility index (Phi) is 3.32. The Hall–Kier alpha value is -1.71. The van der Waals surface area contributed by atoms with E-state index >= 15 is 0 Å². The maximum Gasteiger partial charge on any atom is 0.298 e. The largest absolute Gasteiger partial charge is 0.423 e. The lowest BCUT2D eigenvalue weighted by Gasteiger charge is -2.34. The average Bonchev–Trinajstić information content (AvgIpc) is 2.85. The summed E-state index contributed by atoms with van der Waals surface area (Å²) in [5.74, 6) is 0. The summed E-state index contributed by atoms with van der Waals surface area (Å²) in [6.45, 7) is 3.27. The van der Waals surface area contributed by atoms with Crippen LogP contribution in [0.1, 0.15) is 39.0 Å². The van der Waals surface area contributed by atoms with Crippen LogP contribution < -0.4 is 10.6 Å². The van der Waals surface area contributed by atoms with Gasteiger partial charge < -0.3 is 15.1 Å². The molecule has 0 aliphatic carbocycles. The van der Waals surface area contributed by atoms with Crippen molar-refractivity contribution in [1.29, 1.82) is 0 Å². The Balaban J connectivity index is 1.95. The lowest BCUT2D eigenvalue weighted by molar-refractivity contribution is 0.404. The van der Waals surface area contributed by atoms with Gasteiger partial charge in [0.15, 0.2) is 5.58 Å². The van der Waals surface area contributed by atoms with Gasteiger partial charge in [-0.2, -0.15) is 4.98 Å². The minimum atomic E-state index is 0.563. The number of rotatable bonds is 3. The molecule has 1 unspecified atom stereocenters. The van der Waals surface area contributed by atoms with Crippen LogP contribution in [0.2, 0.25) is 0 Å². The molecular formula is C15H21N3O. The summed E-state index contributed by atoms with van der Waals surface area (Å²) >= 11 is 0. The SMILES string of the molecule is CCCC1CCCCN1c1nc2c(N)cccc2o1. The topological polar surface area (TPSA) is 55.3 Å². The predicted molar refractivity (Wildman–Crippen MR) is 78.3 cm³/mol.